The van der Waals surface area contributed by atoms with Gasteiger partial charge < -0.3 is 19.5 Å². The van der Waals surface area contributed by atoms with Crippen molar-refractivity contribution in [3.05, 3.63) is 53.2 Å². The molecule has 0 bridgehead atoms. The first-order valence-electron chi connectivity index (χ1n) is 9.98. The van der Waals surface area contributed by atoms with Gasteiger partial charge in [-0.25, -0.2) is 4.98 Å². The Morgan fingerprint density at radius 1 is 1.24 bits per heavy atom. The molecule has 4 rings (SSSR count). The van der Waals surface area contributed by atoms with E-state index in [0.29, 0.717) is 0 Å². The summed E-state index contributed by atoms with van der Waals surface area (Å²) in [5, 5.41) is 5.69. The van der Waals surface area contributed by atoms with Crippen molar-refractivity contribution in [3.63, 3.8) is 0 Å². The van der Waals surface area contributed by atoms with E-state index < -0.39 is 0 Å². The van der Waals surface area contributed by atoms with Crippen LogP contribution in [0.2, 0.25) is 0 Å². The van der Waals surface area contributed by atoms with E-state index in [1.54, 1.807) is 6.26 Å². The van der Waals surface area contributed by atoms with E-state index >= 15 is 0 Å². The summed E-state index contributed by atoms with van der Waals surface area (Å²) >= 11 is 1.48. The smallest absolute Gasteiger partial charge is 0.230 e. The monoisotopic (exact) mass is 410 g/mol. The third kappa shape index (κ3) is 4.68. The second kappa shape index (κ2) is 8.80. The zero-order valence-corrected chi connectivity index (χ0v) is 17.7. The predicted octanol–water partition coefficient (Wildman–Crippen LogP) is 4.03. The van der Waals surface area contributed by atoms with Crippen LogP contribution < -0.4 is 10.2 Å². The molecule has 0 radical (unpaired) electrons. The van der Waals surface area contributed by atoms with Gasteiger partial charge in [-0.15, -0.1) is 11.3 Å². The Labute approximate surface area is 175 Å². The Hall–Kier alpha value is -2.64. The molecular weight excluding hydrogens is 384 g/mol. The highest BCUT2D eigenvalue weighted by molar-refractivity contribution is 7.13. The summed E-state index contributed by atoms with van der Waals surface area (Å²) in [5.74, 6) is 0.664. The van der Waals surface area contributed by atoms with Crippen molar-refractivity contribution < 1.29 is 9.21 Å². The van der Waals surface area contributed by atoms with Gasteiger partial charge in [-0.3, -0.25) is 4.79 Å². The van der Waals surface area contributed by atoms with E-state index in [9.17, 15) is 4.79 Å². The summed E-state index contributed by atoms with van der Waals surface area (Å²) in [7, 11) is 0. The second-order valence-corrected chi connectivity index (χ2v) is 8.13. The number of thiazole rings is 1. The summed E-state index contributed by atoms with van der Waals surface area (Å²) in [6.45, 7) is 9.71. The molecule has 0 aliphatic carbocycles. The number of rotatable bonds is 6. The molecule has 1 N–H and O–H groups in total. The number of hydrogen-bond acceptors (Lipinski definition) is 6. The van der Waals surface area contributed by atoms with Gasteiger partial charge in [0.05, 0.1) is 18.4 Å². The highest BCUT2D eigenvalue weighted by Gasteiger charge is 2.17. The molecule has 152 valence electrons. The first-order valence-corrected chi connectivity index (χ1v) is 10.9. The largest absolute Gasteiger partial charge is 0.462 e. The van der Waals surface area contributed by atoms with Crippen LogP contribution in [0.25, 0.3) is 10.8 Å². The van der Waals surface area contributed by atoms with Crippen LogP contribution in [0.5, 0.6) is 0 Å². The normalized spacial score (nSPS) is 14.9. The number of furan rings is 1. The van der Waals surface area contributed by atoms with Gasteiger partial charge >= 0.3 is 0 Å². The van der Waals surface area contributed by atoms with Gasteiger partial charge in [-0.05, 0) is 49.4 Å². The topological polar surface area (TPSA) is 61.6 Å². The van der Waals surface area contributed by atoms with Crippen molar-refractivity contribution in [1.82, 2.24) is 9.88 Å². The van der Waals surface area contributed by atoms with Crippen LogP contribution in [0.3, 0.4) is 0 Å². The Bertz CT molecular complexity index is 959. The molecule has 1 aliphatic heterocycles. The maximum Gasteiger partial charge on any atom is 0.230 e. The van der Waals surface area contributed by atoms with Gasteiger partial charge in [0, 0.05) is 42.9 Å². The number of aromatic nitrogens is 1. The molecule has 0 atom stereocenters. The molecule has 3 heterocycles. The second-order valence-electron chi connectivity index (χ2n) is 7.27. The van der Waals surface area contributed by atoms with Gasteiger partial charge in [0.15, 0.2) is 10.8 Å². The van der Waals surface area contributed by atoms with Gasteiger partial charge in [-0.1, -0.05) is 6.92 Å². The highest BCUT2D eigenvalue weighted by Crippen LogP contribution is 2.26. The van der Waals surface area contributed by atoms with Gasteiger partial charge in [0.25, 0.3) is 0 Å². The summed E-state index contributed by atoms with van der Waals surface area (Å²) < 4.78 is 5.36. The quantitative estimate of drug-likeness (QED) is 0.665. The van der Waals surface area contributed by atoms with Crippen LogP contribution in [-0.2, 0) is 11.2 Å². The molecular formula is C22H26N4O2S. The summed E-state index contributed by atoms with van der Waals surface area (Å²) in [6, 6.07) is 9.86. The molecule has 0 spiro atoms. The molecule has 3 aromatic rings. The number of carbonyl (C=O) groups excluding carboxylic acids is 1. The average molecular weight is 411 g/mol. The van der Waals surface area contributed by atoms with Gasteiger partial charge in [0.1, 0.15) is 0 Å². The zero-order valence-electron chi connectivity index (χ0n) is 16.9. The van der Waals surface area contributed by atoms with Crippen LogP contribution in [0, 0.1) is 6.92 Å². The molecule has 0 unspecified atom stereocenters. The molecule has 1 amide bonds. The molecule has 6 nitrogen and oxygen atoms in total. The summed E-state index contributed by atoms with van der Waals surface area (Å²) in [5.41, 5.74) is 4.01. The fourth-order valence-corrected chi connectivity index (χ4v) is 4.45. The Morgan fingerprint density at radius 2 is 2.07 bits per heavy atom. The van der Waals surface area contributed by atoms with Crippen molar-refractivity contribution in [2.75, 3.05) is 42.9 Å². The van der Waals surface area contributed by atoms with E-state index in [-0.39, 0.29) is 12.3 Å². The van der Waals surface area contributed by atoms with Crippen LogP contribution in [0.15, 0.2) is 46.4 Å². The van der Waals surface area contributed by atoms with Crippen molar-refractivity contribution in [1.29, 1.82) is 0 Å². The number of hydrogen-bond donors (Lipinski definition) is 1. The van der Waals surface area contributed by atoms with Crippen LogP contribution >= 0.6 is 11.3 Å². The number of piperazine rings is 1. The number of carbonyl (C=O) groups is 1. The average Bonchev–Trinajstić information content (AvgIpc) is 3.40. The van der Waals surface area contributed by atoms with Crippen molar-refractivity contribution in [2.24, 2.45) is 0 Å². The van der Waals surface area contributed by atoms with Crippen molar-refractivity contribution in [2.45, 2.75) is 20.3 Å². The summed E-state index contributed by atoms with van der Waals surface area (Å²) in [4.78, 5) is 21.8. The van der Waals surface area contributed by atoms with Crippen LogP contribution in [0.4, 0.5) is 11.4 Å². The SMILES string of the molecule is CCN1CCN(c2ccc(NC(=O)Cc3csc(-c4ccco4)n3)cc2C)CC1. The minimum Gasteiger partial charge on any atom is -0.462 e. The number of nitrogens with one attached hydrogen (secondary N) is 1. The van der Waals surface area contributed by atoms with Crippen LogP contribution in [-0.4, -0.2) is 48.5 Å². The lowest BCUT2D eigenvalue weighted by Gasteiger charge is -2.36. The molecule has 1 aromatic carbocycles. The lowest BCUT2D eigenvalue weighted by molar-refractivity contribution is -0.115. The minimum atomic E-state index is -0.0648. The molecule has 7 heteroatoms. The first-order chi connectivity index (χ1) is 14.1. The molecule has 0 saturated carbocycles. The van der Waals surface area contributed by atoms with Gasteiger partial charge in [0.2, 0.25) is 5.91 Å². The van der Waals surface area contributed by atoms with E-state index in [2.05, 4.69) is 46.1 Å². The number of nitrogens with zero attached hydrogens (tertiary/aromatic N) is 3. The van der Waals surface area contributed by atoms with E-state index in [1.807, 2.05) is 23.6 Å². The molecule has 29 heavy (non-hydrogen) atoms. The predicted molar refractivity (Wildman–Crippen MR) is 118 cm³/mol. The van der Waals surface area contributed by atoms with Crippen molar-refractivity contribution >= 4 is 28.6 Å². The first kappa shape index (κ1) is 19.7. The number of anilines is 2. The molecule has 1 fully saturated rings. The molecule has 1 saturated heterocycles. The number of amides is 1. The fraction of sp³-hybridized carbons (Fsp3) is 0.364. The molecule has 1 aliphatic rings. The van der Waals surface area contributed by atoms with Crippen LogP contribution in [0.1, 0.15) is 18.2 Å². The standard InChI is InChI=1S/C22H26N4O2S/c1-3-25-8-10-26(11-9-25)19-7-6-17(13-16(19)2)23-21(27)14-18-15-29-22(24-18)20-5-4-12-28-20/h4-7,12-13,15H,3,8-11,14H2,1-2H3,(H,23,27). The van der Waals surface area contributed by atoms with E-state index in [4.69, 9.17) is 4.42 Å². The lowest BCUT2D eigenvalue weighted by atomic mass is 10.1. The number of benzene rings is 1. The highest BCUT2D eigenvalue weighted by atomic mass is 32.1. The fourth-order valence-electron chi connectivity index (χ4n) is 3.66. The molecule has 2 aromatic heterocycles. The zero-order chi connectivity index (χ0) is 20.2. The third-order valence-corrected chi connectivity index (χ3v) is 6.17. The van der Waals surface area contributed by atoms with E-state index in [1.165, 1.54) is 22.6 Å². The third-order valence-electron chi connectivity index (χ3n) is 5.27. The Kier molecular flexibility index (Phi) is 5.97. The van der Waals surface area contributed by atoms with Crippen molar-refractivity contribution in [3.8, 4) is 10.8 Å². The minimum absolute atomic E-state index is 0.0648. The van der Waals surface area contributed by atoms with E-state index in [0.717, 1.165) is 54.9 Å². The van der Waals surface area contributed by atoms with Gasteiger partial charge in [-0.2, -0.15) is 0 Å². The maximum atomic E-state index is 12.5. The number of likely N-dealkylation sites (N-methyl/N-ethyl adjacent to an activating group) is 1. The Balaban J connectivity index is 1.36. The summed E-state index contributed by atoms with van der Waals surface area (Å²) in [6.07, 6.45) is 1.87. The Morgan fingerprint density at radius 3 is 2.76 bits per heavy atom. The number of aryl methyl sites for hydroxylation is 1. The maximum absolute atomic E-state index is 12.5. The lowest BCUT2D eigenvalue weighted by Crippen LogP contribution is -2.46.